The molecule has 3 atom stereocenters. The van der Waals surface area contributed by atoms with E-state index in [1.54, 1.807) is 13.0 Å². The Balaban J connectivity index is 1.97. The quantitative estimate of drug-likeness (QED) is 0.521. The number of hydrogen-bond donors (Lipinski definition) is 1. The van der Waals surface area contributed by atoms with Crippen molar-refractivity contribution >= 4 is 17.3 Å². The number of carbonyl (C=O) groups excluding carboxylic acids is 1. The van der Waals surface area contributed by atoms with Crippen LogP contribution >= 0.6 is 0 Å². The third-order valence-corrected chi connectivity index (χ3v) is 3.97. The number of fused-ring (bicyclic) bond motifs is 3. The largest absolute Gasteiger partial charge is 0.464 e. The third kappa shape index (κ3) is 2.33. The number of carbonyl (C=O) groups is 1. The Labute approximate surface area is 121 Å². The first-order valence-corrected chi connectivity index (χ1v) is 6.95. The highest BCUT2D eigenvalue weighted by molar-refractivity contribution is 5.82. The van der Waals surface area contributed by atoms with Crippen LogP contribution in [0.5, 0.6) is 0 Å². The lowest BCUT2D eigenvalue weighted by atomic mass is 9.84. The van der Waals surface area contributed by atoms with Gasteiger partial charge in [0.05, 0.1) is 17.6 Å². The van der Waals surface area contributed by atoms with E-state index in [4.69, 9.17) is 9.47 Å². The van der Waals surface area contributed by atoms with E-state index >= 15 is 0 Å². The molecule has 7 nitrogen and oxygen atoms in total. The van der Waals surface area contributed by atoms with Gasteiger partial charge in [-0.15, -0.1) is 0 Å². The van der Waals surface area contributed by atoms with Crippen molar-refractivity contribution < 1.29 is 19.2 Å². The zero-order valence-corrected chi connectivity index (χ0v) is 11.6. The summed E-state index contributed by atoms with van der Waals surface area (Å²) in [5, 5.41) is 14.0. The minimum Gasteiger partial charge on any atom is -0.464 e. The molecule has 21 heavy (non-hydrogen) atoms. The molecule has 1 fully saturated rings. The van der Waals surface area contributed by atoms with Gasteiger partial charge in [0, 0.05) is 35.9 Å². The van der Waals surface area contributed by atoms with Crippen molar-refractivity contribution in [2.45, 2.75) is 25.5 Å². The summed E-state index contributed by atoms with van der Waals surface area (Å²) in [7, 11) is 0. The summed E-state index contributed by atoms with van der Waals surface area (Å²) in [6.45, 7) is 2.62. The smallest absolute Gasteiger partial charge is 0.328 e. The molecule has 7 heteroatoms. The minimum atomic E-state index is -0.466. The molecule has 0 aromatic heterocycles. The Morgan fingerprint density at radius 2 is 2.38 bits per heavy atom. The van der Waals surface area contributed by atoms with Crippen LogP contribution in [0.1, 0.15) is 25.0 Å². The van der Waals surface area contributed by atoms with E-state index in [2.05, 4.69) is 5.32 Å². The van der Waals surface area contributed by atoms with Crippen LogP contribution in [-0.2, 0) is 14.3 Å². The van der Waals surface area contributed by atoms with Crippen molar-refractivity contribution in [3.8, 4) is 0 Å². The Kier molecular flexibility index (Phi) is 3.50. The van der Waals surface area contributed by atoms with E-state index in [0.29, 0.717) is 18.9 Å². The molecular weight excluding hydrogens is 276 g/mol. The molecule has 0 radical (unpaired) electrons. The Bertz CT molecular complexity index is 589. The SMILES string of the molecule is CCOC(=O)[C@@H]1Nc2ccc([N+](=O)[O-])cc2[C@H]2OCC[C@H]21. The monoisotopic (exact) mass is 292 g/mol. The second-order valence-corrected chi connectivity index (χ2v) is 5.15. The van der Waals surface area contributed by atoms with Gasteiger partial charge in [0.25, 0.3) is 5.69 Å². The minimum absolute atomic E-state index is 0.0272. The Morgan fingerprint density at radius 3 is 3.10 bits per heavy atom. The first-order valence-electron chi connectivity index (χ1n) is 6.95. The number of hydrogen-bond acceptors (Lipinski definition) is 6. The van der Waals surface area contributed by atoms with E-state index in [1.807, 2.05) is 0 Å². The average Bonchev–Trinajstić information content (AvgIpc) is 2.95. The topological polar surface area (TPSA) is 90.7 Å². The molecule has 0 saturated carbocycles. The zero-order chi connectivity index (χ0) is 15.0. The van der Waals surface area contributed by atoms with Crippen LogP contribution in [0.25, 0.3) is 0 Å². The molecule has 2 aliphatic rings. The van der Waals surface area contributed by atoms with Crippen LogP contribution in [0.4, 0.5) is 11.4 Å². The van der Waals surface area contributed by atoms with Gasteiger partial charge in [-0.3, -0.25) is 10.1 Å². The summed E-state index contributed by atoms with van der Waals surface area (Å²) in [6.07, 6.45) is 0.430. The fourth-order valence-corrected chi connectivity index (χ4v) is 3.04. The number of nitrogens with one attached hydrogen (secondary N) is 1. The zero-order valence-electron chi connectivity index (χ0n) is 11.6. The van der Waals surface area contributed by atoms with Gasteiger partial charge >= 0.3 is 5.97 Å². The molecule has 0 aliphatic carbocycles. The molecule has 1 saturated heterocycles. The van der Waals surface area contributed by atoms with Gasteiger partial charge in [-0.2, -0.15) is 0 Å². The molecule has 112 valence electrons. The fourth-order valence-electron chi connectivity index (χ4n) is 3.04. The van der Waals surface area contributed by atoms with Crippen molar-refractivity contribution in [1.82, 2.24) is 0 Å². The van der Waals surface area contributed by atoms with E-state index in [9.17, 15) is 14.9 Å². The molecule has 1 N–H and O–H groups in total. The molecule has 2 heterocycles. The standard InChI is InChI=1S/C14H16N2O5/c1-2-20-14(17)12-9-5-6-21-13(9)10-7-8(16(18)19)3-4-11(10)15-12/h3-4,7,9,12-13,15H,2,5-6H2,1H3/t9-,12+,13-/m0/s1. The van der Waals surface area contributed by atoms with Crippen LogP contribution in [0, 0.1) is 16.0 Å². The highest BCUT2D eigenvalue weighted by Crippen LogP contribution is 2.45. The number of esters is 1. The van der Waals surface area contributed by atoms with Gasteiger partial charge in [-0.05, 0) is 19.4 Å². The molecule has 0 spiro atoms. The van der Waals surface area contributed by atoms with Crippen molar-refractivity contribution in [3.63, 3.8) is 0 Å². The number of nitro benzene ring substituents is 1. The highest BCUT2D eigenvalue weighted by atomic mass is 16.6. The van der Waals surface area contributed by atoms with Crippen LogP contribution in [0.2, 0.25) is 0 Å². The number of non-ortho nitro benzene ring substituents is 1. The predicted molar refractivity (Wildman–Crippen MR) is 73.9 cm³/mol. The maximum Gasteiger partial charge on any atom is 0.328 e. The van der Waals surface area contributed by atoms with Gasteiger partial charge in [0.1, 0.15) is 6.04 Å². The van der Waals surface area contributed by atoms with Gasteiger partial charge in [0.2, 0.25) is 0 Å². The number of rotatable bonds is 3. The predicted octanol–water partition coefficient (Wildman–Crippen LogP) is 2.03. The molecule has 0 unspecified atom stereocenters. The summed E-state index contributed by atoms with van der Waals surface area (Å²) in [5.41, 5.74) is 1.47. The van der Waals surface area contributed by atoms with E-state index < -0.39 is 11.0 Å². The number of benzene rings is 1. The number of anilines is 1. The lowest BCUT2D eigenvalue weighted by molar-refractivity contribution is -0.385. The van der Waals surface area contributed by atoms with Crippen molar-refractivity contribution in [3.05, 3.63) is 33.9 Å². The molecular formula is C14H16N2O5. The molecule has 1 aromatic rings. The molecule has 3 rings (SSSR count). The maximum atomic E-state index is 12.1. The first kappa shape index (κ1) is 13.8. The van der Waals surface area contributed by atoms with Crippen molar-refractivity contribution in [1.29, 1.82) is 0 Å². The second-order valence-electron chi connectivity index (χ2n) is 5.15. The average molecular weight is 292 g/mol. The summed E-state index contributed by atoms with van der Waals surface area (Å²) in [5.74, 6) is -0.361. The van der Waals surface area contributed by atoms with E-state index in [0.717, 1.165) is 12.0 Å². The molecule has 2 aliphatic heterocycles. The molecule has 0 amide bonds. The van der Waals surface area contributed by atoms with Crippen molar-refractivity contribution in [2.75, 3.05) is 18.5 Å². The summed E-state index contributed by atoms with van der Waals surface area (Å²) in [6, 6.07) is 4.10. The lowest BCUT2D eigenvalue weighted by Crippen LogP contribution is -2.43. The van der Waals surface area contributed by atoms with Crippen LogP contribution in [-0.4, -0.2) is 30.1 Å². The highest BCUT2D eigenvalue weighted by Gasteiger charge is 2.45. The summed E-state index contributed by atoms with van der Waals surface area (Å²) in [4.78, 5) is 22.6. The third-order valence-electron chi connectivity index (χ3n) is 3.97. The van der Waals surface area contributed by atoms with Crippen molar-refractivity contribution in [2.24, 2.45) is 5.92 Å². The fraction of sp³-hybridized carbons (Fsp3) is 0.500. The van der Waals surface area contributed by atoms with Gasteiger partial charge in [-0.1, -0.05) is 0 Å². The Morgan fingerprint density at radius 1 is 1.57 bits per heavy atom. The van der Waals surface area contributed by atoms with Gasteiger partial charge in [0.15, 0.2) is 0 Å². The number of nitro groups is 1. The normalized spacial score (nSPS) is 26.4. The molecule has 1 aromatic carbocycles. The van der Waals surface area contributed by atoms with Crippen LogP contribution in [0.15, 0.2) is 18.2 Å². The van der Waals surface area contributed by atoms with Crippen LogP contribution < -0.4 is 5.32 Å². The second kappa shape index (κ2) is 5.33. The van der Waals surface area contributed by atoms with Gasteiger partial charge < -0.3 is 14.8 Å². The Hall–Kier alpha value is -2.15. The van der Waals surface area contributed by atoms with Gasteiger partial charge in [-0.25, -0.2) is 4.79 Å². The number of nitrogens with zero attached hydrogens (tertiary/aromatic N) is 1. The van der Waals surface area contributed by atoms with E-state index in [-0.39, 0.29) is 23.7 Å². The summed E-state index contributed by atoms with van der Waals surface area (Å²) >= 11 is 0. The van der Waals surface area contributed by atoms with Crippen LogP contribution in [0.3, 0.4) is 0 Å². The van der Waals surface area contributed by atoms with E-state index in [1.165, 1.54) is 12.1 Å². The lowest BCUT2D eigenvalue weighted by Gasteiger charge is -2.34. The molecule has 0 bridgehead atoms. The number of ether oxygens (including phenoxy) is 2. The maximum absolute atomic E-state index is 12.1. The summed E-state index contributed by atoms with van der Waals surface area (Å²) < 4.78 is 10.8. The first-order chi connectivity index (χ1) is 10.1.